The fourth-order valence-electron chi connectivity index (χ4n) is 6.03. The highest BCUT2D eigenvalue weighted by atomic mass is 31.1. The van der Waals surface area contributed by atoms with E-state index in [1.54, 1.807) is 0 Å². The summed E-state index contributed by atoms with van der Waals surface area (Å²) in [6.45, 7) is 4.39. The molecule has 0 fully saturated rings. The first-order chi connectivity index (χ1) is 19.2. The van der Waals surface area contributed by atoms with Crippen molar-refractivity contribution >= 4 is 61.7 Å². The minimum atomic E-state index is -0.750. The van der Waals surface area contributed by atoms with Crippen molar-refractivity contribution in [2.24, 2.45) is 0 Å². The minimum absolute atomic E-state index is 0.750. The molecule has 186 valence electrons. The van der Waals surface area contributed by atoms with Crippen LogP contribution in [0.5, 0.6) is 0 Å². The van der Waals surface area contributed by atoms with Crippen molar-refractivity contribution in [3.05, 3.63) is 145 Å². The summed E-state index contributed by atoms with van der Waals surface area (Å²) in [5, 5.41) is 12.1. The third-order valence-electron chi connectivity index (χ3n) is 7.95. The molecule has 0 aliphatic rings. The summed E-state index contributed by atoms with van der Waals surface area (Å²) in [6, 6.07) is 49.5. The zero-order valence-electron chi connectivity index (χ0n) is 22.2. The van der Waals surface area contributed by atoms with Crippen LogP contribution in [0.25, 0.3) is 49.0 Å². The predicted molar refractivity (Wildman–Crippen MR) is 174 cm³/mol. The molecular weight excluding hydrogens is 487 g/mol. The first-order valence-electron chi connectivity index (χ1n) is 13.6. The molecule has 0 bridgehead atoms. The lowest BCUT2D eigenvalue weighted by Gasteiger charge is -2.25. The molecule has 0 aromatic heterocycles. The Morgan fingerprint density at radius 3 is 1.82 bits per heavy atom. The molecule has 1 heteroatoms. The van der Waals surface area contributed by atoms with Crippen LogP contribution in [-0.2, 0) is 0 Å². The van der Waals surface area contributed by atoms with Gasteiger partial charge < -0.3 is 0 Å². The smallest absolute Gasteiger partial charge is 0.00201 e. The van der Waals surface area contributed by atoms with Gasteiger partial charge in [0.05, 0.1) is 0 Å². The van der Waals surface area contributed by atoms with Crippen molar-refractivity contribution in [2.45, 2.75) is 13.8 Å². The zero-order chi connectivity index (χ0) is 26.3. The molecule has 0 spiro atoms. The van der Waals surface area contributed by atoms with Crippen LogP contribution in [0.2, 0.25) is 0 Å². The monoisotopic (exact) mass is 516 g/mol. The Labute approximate surface area is 231 Å². The Morgan fingerprint density at radius 1 is 0.564 bits per heavy atom. The molecule has 0 aliphatic carbocycles. The van der Waals surface area contributed by atoms with E-state index in [2.05, 4.69) is 153 Å². The van der Waals surface area contributed by atoms with E-state index in [-0.39, 0.29) is 0 Å². The Kier molecular flexibility index (Phi) is 5.99. The maximum Gasteiger partial charge on any atom is -0.00201 e. The molecule has 0 saturated carbocycles. The second-order valence-corrected chi connectivity index (χ2v) is 12.3. The number of rotatable bonds is 5. The van der Waals surface area contributed by atoms with E-state index in [0.717, 1.165) is 0 Å². The quantitative estimate of drug-likeness (QED) is 0.158. The summed E-state index contributed by atoms with van der Waals surface area (Å²) in [4.78, 5) is 0. The largest absolute Gasteiger partial charge is 0.0841 e. The van der Waals surface area contributed by atoms with Crippen LogP contribution in [0, 0.1) is 0 Å². The van der Waals surface area contributed by atoms with Crippen LogP contribution in [0.4, 0.5) is 0 Å². The van der Waals surface area contributed by atoms with Crippen LogP contribution in [0.15, 0.2) is 140 Å². The molecule has 7 aromatic carbocycles. The van der Waals surface area contributed by atoms with Crippen LogP contribution in [0.1, 0.15) is 19.4 Å². The average Bonchev–Trinajstić information content (AvgIpc) is 3.00. The fraction of sp³-hybridized carbons (Fsp3) is 0.0526. The van der Waals surface area contributed by atoms with E-state index < -0.39 is 7.92 Å². The second-order valence-electron chi connectivity index (χ2n) is 10.2. The average molecular weight is 517 g/mol. The first kappa shape index (κ1) is 23.8. The molecular formula is C38H29P. The molecule has 7 rings (SSSR count). The molecule has 0 nitrogen and oxygen atoms in total. The van der Waals surface area contributed by atoms with E-state index in [1.165, 1.54) is 70.5 Å². The van der Waals surface area contributed by atoms with Gasteiger partial charge in [-0.3, -0.25) is 0 Å². The van der Waals surface area contributed by atoms with Gasteiger partial charge in [-0.05, 0) is 98.3 Å². The van der Waals surface area contributed by atoms with Gasteiger partial charge in [-0.2, -0.15) is 0 Å². The van der Waals surface area contributed by atoms with Crippen LogP contribution >= 0.6 is 7.92 Å². The molecule has 0 N–H and O–H groups in total. The van der Waals surface area contributed by atoms with Gasteiger partial charge in [0.1, 0.15) is 0 Å². The van der Waals surface area contributed by atoms with Crippen molar-refractivity contribution < 1.29 is 0 Å². The minimum Gasteiger partial charge on any atom is -0.0841 e. The standard InChI is InChI=1S/C38H29P/c1-3-26(2)34-25-29-22-21-27-13-12-14-28-23-24-33(37(29)36(27)28)38(34)32-19-10-11-20-35(32)39(30-15-6-4-7-16-30)31-17-8-5-9-18-31/h3-25H,1-2H3. The van der Waals surface area contributed by atoms with E-state index in [4.69, 9.17) is 0 Å². The van der Waals surface area contributed by atoms with Gasteiger partial charge in [0.15, 0.2) is 0 Å². The third-order valence-corrected chi connectivity index (χ3v) is 10.4. The molecule has 39 heavy (non-hydrogen) atoms. The molecule has 0 radical (unpaired) electrons. The van der Waals surface area contributed by atoms with Gasteiger partial charge in [0, 0.05) is 0 Å². The van der Waals surface area contributed by atoms with Crippen LogP contribution in [-0.4, -0.2) is 0 Å². The van der Waals surface area contributed by atoms with Crippen molar-refractivity contribution in [3.8, 4) is 11.1 Å². The topological polar surface area (TPSA) is 0 Å². The van der Waals surface area contributed by atoms with Crippen LogP contribution < -0.4 is 15.9 Å². The molecule has 0 heterocycles. The summed E-state index contributed by atoms with van der Waals surface area (Å²) in [7, 11) is -0.750. The zero-order valence-corrected chi connectivity index (χ0v) is 23.1. The van der Waals surface area contributed by atoms with Gasteiger partial charge in [0.2, 0.25) is 0 Å². The highest BCUT2D eigenvalue weighted by Gasteiger charge is 2.24. The third kappa shape index (κ3) is 3.95. The second kappa shape index (κ2) is 9.81. The van der Waals surface area contributed by atoms with Crippen LogP contribution in [0.3, 0.4) is 0 Å². The van der Waals surface area contributed by atoms with Crippen molar-refractivity contribution in [3.63, 3.8) is 0 Å². The maximum absolute atomic E-state index is 2.42. The molecule has 7 aromatic rings. The summed E-state index contributed by atoms with van der Waals surface area (Å²) in [5.41, 5.74) is 5.28. The Morgan fingerprint density at radius 2 is 1.15 bits per heavy atom. The van der Waals surface area contributed by atoms with Crippen molar-refractivity contribution in [1.29, 1.82) is 0 Å². The summed E-state index contributed by atoms with van der Waals surface area (Å²) in [5.74, 6) is 0. The van der Waals surface area contributed by atoms with Gasteiger partial charge in [-0.1, -0.05) is 133 Å². The number of hydrogen-bond donors (Lipinski definition) is 0. The first-order valence-corrected chi connectivity index (χ1v) is 14.9. The summed E-state index contributed by atoms with van der Waals surface area (Å²) in [6.07, 6.45) is 2.25. The molecule has 0 amide bonds. The normalized spacial score (nSPS) is 12.2. The van der Waals surface area contributed by atoms with E-state index in [9.17, 15) is 0 Å². The lowest BCUT2D eigenvalue weighted by Crippen LogP contribution is -2.22. The van der Waals surface area contributed by atoms with Gasteiger partial charge in [-0.25, -0.2) is 0 Å². The molecule has 0 saturated heterocycles. The van der Waals surface area contributed by atoms with Gasteiger partial charge in [-0.15, -0.1) is 0 Å². The molecule has 0 atom stereocenters. The lowest BCUT2D eigenvalue weighted by molar-refractivity contribution is 1.57. The van der Waals surface area contributed by atoms with Crippen molar-refractivity contribution in [1.82, 2.24) is 0 Å². The Balaban J connectivity index is 1.61. The van der Waals surface area contributed by atoms with Crippen molar-refractivity contribution in [2.75, 3.05) is 0 Å². The molecule has 0 aliphatic heterocycles. The predicted octanol–water partition coefficient (Wildman–Crippen LogP) is 9.43. The summed E-state index contributed by atoms with van der Waals surface area (Å²) < 4.78 is 0. The summed E-state index contributed by atoms with van der Waals surface area (Å²) >= 11 is 0. The lowest BCUT2D eigenvalue weighted by atomic mass is 9.85. The Bertz CT molecular complexity index is 1910. The molecule has 0 unspecified atom stereocenters. The number of benzene rings is 7. The number of allylic oxidation sites excluding steroid dienone is 2. The maximum atomic E-state index is 2.42. The van der Waals surface area contributed by atoms with E-state index in [0.29, 0.717) is 0 Å². The fourth-order valence-corrected chi connectivity index (χ4v) is 8.49. The highest BCUT2D eigenvalue weighted by molar-refractivity contribution is 7.80. The highest BCUT2D eigenvalue weighted by Crippen LogP contribution is 2.45. The van der Waals surface area contributed by atoms with E-state index in [1.807, 2.05) is 0 Å². The van der Waals surface area contributed by atoms with Gasteiger partial charge >= 0.3 is 0 Å². The number of hydrogen-bond acceptors (Lipinski definition) is 0. The Hall–Kier alpha value is -4.25. The SMILES string of the molecule is CC=C(C)c1cc2ccc3cccc4ccc(c1-c1ccccc1P(c1ccccc1)c1ccccc1)c2c34. The van der Waals surface area contributed by atoms with Gasteiger partial charge in [0.25, 0.3) is 0 Å². The van der Waals surface area contributed by atoms with E-state index >= 15 is 0 Å².